The Morgan fingerprint density at radius 2 is 1.71 bits per heavy atom. The zero-order chi connectivity index (χ0) is 12.6. The summed E-state index contributed by atoms with van der Waals surface area (Å²) < 4.78 is 11.4. The van der Waals surface area contributed by atoms with Crippen LogP contribution in [0.25, 0.3) is 0 Å². The molecule has 0 saturated heterocycles. The van der Waals surface area contributed by atoms with Crippen LogP contribution in [0.15, 0.2) is 21.0 Å². The molecule has 2 heterocycles. The molecule has 0 aliphatic heterocycles. The first-order valence-corrected chi connectivity index (χ1v) is 5.84. The summed E-state index contributed by atoms with van der Waals surface area (Å²) in [7, 11) is 1.93. The minimum Gasteiger partial charge on any atom is -0.466 e. The SMILES string of the molecule is CNC(c1ccc(C)o1)c1c(C)oc(C)c1C. The lowest BCUT2D eigenvalue weighted by Gasteiger charge is -2.14. The summed E-state index contributed by atoms with van der Waals surface area (Å²) in [6.45, 7) is 8.03. The highest BCUT2D eigenvalue weighted by molar-refractivity contribution is 5.38. The van der Waals surface area contributed by atoms with Crippen LogP contribution in [-0.2, 0) is 0 Å². The van der Waals surface area contributed by atoms with Gasteiger partial charge in [-0.15, -0.1) is 0 Å². The van der Waals surface area contributed by atoms with Crippen LogP contribution < -0.4 is 5.32 Å². The zero-order valence-corrected chi connectivity index (χ0v) is 11.0. The molecule has 0 spiro atoms. The topological polar surface area (TPSA) is 38.3 Å². The summed E-state index contributed by atoms with van der Waals surface area (Å²) in [5, 5.41) is 3.29. The molecule has 92 valence electrons. The third kappa shape index (κ3) is 2.03. The van der Waals surface area contributed by atoms with Crippen molar-refractivity contribution in [3.8, 4) is 0 Å². The van der Waals surface area contributed by atoms with Crippen LogP contribution in [0, 0.1) is 27.7 Å². The first kappa shape index (κ1) is 12.0. The molecule has 0 bridgehead atoms. The van der Waals surface area contributed by atoms with Gasteiger partial charge in [-0.3, -0.25) is 0 Å². The minimum absolute atomic E-state index is 0.0566. The molecular formula is C14H19NO2. The number of nitrogens with one attached hydrogen (secondary N) is 1. The van der Waals surface area contributed by atoms with Gasteiger partial charge in [-0.25, -0.2) is 0 Å². The highest BCUT2D eigenvalue weighted by Crippen LogP contribution is 2.31. The fourth-order valence-electron chi connectivity index (χ4n) is 2.27. The Balaban J connectivity index is 2.49. The van der Waals surface area contributed by atoms with Gasteiger partial charge in [0, 0.05) is 5.56 Å². The standard InChI is InChI=1S/C14H19NO2/c1-8-6-7-12(16-8)14(15-5)13-9(2)10(3)17-11(13)4/h6-7,14-15H,1-5H3. The van der Waals surface area contributed by atoms with Crippen molar-refractivity contribution < 1.29 is 8.83 Å². The minimum atomic E-state index is 0.0566. The van der Waals surface area contributed by atoms with Gasteiger partial charge in [0.1, 0.15) is 23.0 Å². The Bertz CT molecular complexity index is 522. The lowest BCUT2D eigenvalue weighted by atomic mass is 10.0. The van der Waals surface area contributed by atoms with Gasteiger partial charge in [-0.2, -0.15) is 0 Å². The molecule has 3 heteroatoms. The fourth-order valence-corrected chi connectivity index (χ4v) is 2.27. The molecule has 1 N–H and O–H groups in total. The molecule has 0 aliphatic rings. The maximum atomic E-state index is 5.71. The third-order valence-corrected chi connectivity index (χ3v) is 3.24. The summed E-state index contributed by atoms with van der Waals surface area (Å²) >= 11 is 0. The monoisotopic (exact) mass is 233 g/mol. The van der Waals surface area contributed by atoms with Gasteiger partial charge in [-0.05, 0) is 52.4 Å². The fraction of sp³-hybridized carbons (Fsp3) is 0.429. The van der Waals surface area contributed by atoms with E-state index in [0.29, 0.717) is 0 Å². The molecule has 0 aliphatic carbocycles. The number of rotatable bonds is 3. The largest absolute Gasteiger partial charge is 0.466 e. The lowest BCUT2D eigenvalue weighted by molar-refractivity contribution is 0.437. The second kappa shape index (κ2) is 4.41. The molecular weight excluding hydrogens is 214 g/mol. The Morgan fingerprint density at radius 3 is 2.12 bits per heavy atom. The third-order valence-electron chi connectivity index (χ3n) is 3.24. The summed E-state index contributed by atoms with van der Waals surface area (Å²) in [6, 6.07) is 4.05. The molecule has 0 fully saturated rings. The molecule has 17 heavy (non-hydrogen) atoms. The van der Waals surface area contributed by atoms with Crippen molar-refractivity contribution in [3.05, 3.63) is 46.3 Å². The van der Waals surface area contributed by atoms with E-state index >= 15 is 0 Å². The maximum Gasteiger partial charge on any atom is 0.125 e. The summed E-state index contributed by atoms with van der Waals surface area (Å²) in [4.78, 5) is 0. The van der Waals surface area contributed by atoms with Crippen molar-refractivity contribution >= 4 is 0 Å². The Hall–Kier alpha value is -1.48. The van der Waals surface area contributed by atoms with Crippen molar-refractivity contribution in [2.75, 3.05) is 7.05 Å². The molecule has 0 aromatic carbocycles. The first-order valence-electron chi connectivity index (χ1n) is 5.84. The average Bonchev–Trinajstić information content (AvgIpc) is 2.79. The zero-order valence-electron chi connectivity index (χ0n) is 11.0. The van der Waals surface area contributed by atoms with E-state index in [2.05, 4.69) is 12.2 Å². The van der Waals surface area contributed by atoms with Gasteiger partial charge >= 0.3 is 0 Å². The molecule has 2 aromatic heterocycles. The van der Waals surface area contributed by atoms with Crippen LogP contribution in [0.4, 0.5) is 0 Å². The van der Waals surface area contributed by atoms with E-state index in [9.17, 15) is 0 Å². The van der Waals surface area contributed by atoms with Gasteiger partial charge in [0.15, 0.2) is 0 Å². The molecule has 0 saturated carbocycles. The van der Waals surface area contributed by atoms with Crippen molar-refractivity contribution in [2.45, 2.75) is 33.7 Å². The first-order chi connectivity index (χ1) is 8.04. The van der Waals surface area contributed by atoms with Crippen LogP contribution in [0.1, 0.15) is 40.2 Å². The number of aryl methyl sites for hydroxylation is 3. The molecule has 1 atom stereocenters. The van der Waals surface area contributed by atoms with Crippen LogP contribution in [-0.4, -0.2) is 7.05 Å². The van der Waals surface area contributed by atoms with E-state index in [-0.39, 0.29) is 6.04 Å². The number of hydrogen-bond donors (Lipinski definition) is 1. The molecule has 1 unspecified atom stereocenters. The summed E-state index contributed by atoms with van der Waals surface area (Å²) in [6.07, 6.45) is 0. The Labute approximate surface area is 102 Å². The van der Waals surface area contributed by atoms with Crippen LogP contribution in [0.5, 0.6) is 0 Å². The second-order valence-electron chi connectivity index (χ2n) is 4.42. The number of hydrogen-bond acceptors (Lipinski definition) is 3. The molecule has 3 nitrogen and oxygen atoms in total. The number of furan rings is 2. The quantitative estimate of drug-likeness (QED) is 0.882. The molecule has 2 rings (SSSR count). The second-order valence-corrected chi connectivity index (χ2v) is 4.42. The van der Waals surface area contributed by atoms with E-state index in [1.165, 1.54) is 11.1 Å². The smallest absolute Gasteiger partial charge is 0.125 e. The van der Waals surface area contributed by atoms with Crippen molar-refractivity contribution in [3.63, 3.8) is 0 Å². The normalized spacial score (nSPS) is 13.0. The van der Waals surface area contributed by atoms with Crippen molar-refractivity contribution in [1.29, 1.82) is 0 Å². The Kier molecular flexibility index (Phi) is 3.11. The van der Waals surface area contributed by atoms with Crippen molar-refractivity contribution in [2.24, 2.45) is 0 Å². The predicted molar refractivity (Wildman–Crippen MR) is 67.3 cm³/mol. The van der Waals surface area contributed by atoms with Gasteiger partial charge in [0.05, 0.1) is 6.04 Å². The van der Waals surface area contributed by atoms with Crippen molar-refractivity contribution in [1.82, 2.24) is 5.32 Å². The van der Waals surface area contributed by atoms with Gasteiger partial charge in [-0.1, -0.05) is 0 Å². The summed E-state index contributed by atoms with van der Waals surface area (Å²) in [5.74, 6) is 3.78. The van der Waals surface area contributed by atoms with E-state index in [1.807, 2.05) is 40.0 Å². The summed E-state index contributed by atoms with van der Waals surface area (Å²) in [5.41, 5.74) is 2.37. The molecule has 2 aromatic rings. The van der Waals surface area contributed by atoms with E-state index < -0.39 is 0 Å². The van der Waals surface area contributed by atoms with Gasteiger partial charge in [0.2, 0.25) is 0 Å². The van der Waals surface area contributed by atoms with Crippen LogP contribution in [0.3, 0.4) is 0 Å². The maximum absolute atomic E-state index is 5.71. The van der Waals surface area contributed by atoms with E-state index in [1.54, 1.807) is 0 Å². The van der Waals surface area contributed by atoms with Gasteiger partial charge in [0.25, 0.3) is 0 Å². The highest BCUT2D eigenvalue weighted by Gasteiger charge is 2.23. The molecule has 0 radical (unpaired) electrons. The predicted octanol–water partition coefficient (Wildman–Crippen LogP) is 3.42. The van der Waals surface area contributed by atoms with Crippen LogP contribution in [0.2, 0.25) is 0 Å². The van der Waals surface area contributed by atoms with Crippen LogP contribution >= 0.6 is 0 Å². The Morgan fingerprint density at radius 1 is 1.00 bits per heavy atom. The van der Waals surface area contributed by atoms with E-state index in [0.717, 1.165) is 23.0 Å². The lowest BCUT2D eigenvalue weighted by Crippen LogP contribution is -2.18. The molecule has 0 amide bonds. The average molecular weight is 233 g/mol. The van der Waals surface area contributed by atoms with Gasteiger partial charge < -0.3 is 14.2 Å². The highest BCUT2D eigenvalue weighted by atomic mass is 16.3. The van der Waals surface area contributed by atoms with E-state index in [4.69, 9.17) is 8.83 Å².